The molecule has 1 aromatic heterocycles. The average Bonchev–Trinajstić information content (AvgIpc) is 3.13. The number of methoxy groups -OCH3 is 1. The Labute approximate surface area is 162 Å². The Morgan fingerprint density at radius 3 is 2.74 bits per heavy atom. The van der Waals surface area contributed by atoms with E-state index in [1.54, 1.807) is 0 Å². The summed E-state index contributed by atoms with van der Waals surface area (Å²) in [7, 11) is 1.33. The third-order valence-electron chi connectivity index (χ3n) is 3.47. The van der Waals surface area contributed by atoms with Crippen molar-refractivity contribution in [2.24, 2.45) is 0 Å². The summed E-state index contributed by atoms with van der Waals surface area (Å²) >= 11 is 2.76. The third-order valence-corrected chi connectivity index (χ3v) is 5.51. The van der Waals surface area contributed by atoms with Crippen LogP contribution < -0.4 is 10.1 Å². The molecule has 10 heteroatoms. The van der Waals surface area contributed by atoms with Crippen LogP contribution in [0.25, 0.3) is 0 Å². The van der Waals surface area contributed by atoms with Crippen LogP contribution in [0.4, 0.5) is 10.8 Å². The number of hydrogen-bond donors (Lipinski definition) is 1. The molecule has 0 radical (unpaired) electrons. The number of carbonyl (C=O) groups is 1. The molecule has 0 aliphatic heterocycles. The van der Waals surface area contributed by atoms with Crippen LogP contribution in [0, 0.1) is 10.1 Å². The lowest BCUT2D eigenvalue weighted by atomic mass is 10.2. The second-order valence-electron chi connectivity index (χ2n) is 5.25. The van der Waals surface area contributed by atoms with Crippen molar-refractivity contribution < 1.29 is 14.5 Å². The predicted molar refractivity (Wildman–Crippen MR) is 104 cm³/mol. The van der Waals surface area contributed by atoms with Gasteiger partial charge in [-0.25, -0.2) is 0 Å². The number of ether oxygens (including phenoxy) is 1. The van der Waals surface area contributed by atoms with Crippen molar-refractivity contribution in [1.29, 1.82) is 0 Å². The van der Waals surface area contributed by atoms with Gasteiger partial charge in [0.25, 0.3) is 5.91 Å². The lowest BCUT2D eigenvalue weighted by Crippen LogP contribution is -2.12. The molecule has 2 aromatic carbocycles. The molecular weight excluding hydrogens is 388 g/mol. The van der Waals surface area contributed by atoms with Gasteiger partial charge in [-0.05, 0) is 17.7 Å². The monoisotopic (exact) mass is 402 g/mol. The highest BCUT2D eigenvalue weighted by Crippen LogP contribution is 2.30. The summed E-state index contributed by atoms with van der Waals surface area (Å²) in [4.78, 5) is 22.8. The zero-order valence-corrected chi connectivity index (χ0v) is 15.8. The molecule has 8 nitrogen and oxygen atoms in total. The van der Waals surface area contributed by atoms with Crippen molar-refractivity contribution in [3.05, 3.63) is 69.8 Å². The summed E-state index contributed by atoms with van der Waals surface area (Å²) in [6, 6.07) is 13.9. The van der Waals surface area contributed by atoms with E-state index in [2.05, 4.69) is 15.5 Å². The minimum atomic E-state index is -0.598. The van der Waals surface area contributed by atoms with Crippen LogP contribution in [0.1, 0.15) is 15.9 Å². The normalized spacial score (nSPS) is 10.4. The van der Waals surface area contributed by atoms with Gasteiger partial charge in [0, 0.05) is 17.4 Å². The van der Waals surface area contributed by atoms with Crippen LogP contribution >= 0.6 is 23.1 Å². The summed E-state index contributed by atoms with van der Waals surface area (Å²) in [5, 5.41) is 22.0. The van der Waals surface area contributed by atoms with Gasteiger partial charge < -0.3 is 4.74 Å². The van der Waals surface area contributed by atoms with Gasteiger partial charge in [-0.2, -0.15) is 0 Å². The highest BCUT2D eigenvalue weighted by atomic mass is 32.2. The van der Waals surface area contributed by atoms with E-state index in [4.69, 9.17) is 4.74 Å². The van der Waals surface area contributed by atoms with Gasteiger partial charge in [0.2, 0.25) is 5.13 Å². The van der Waals surface area contributed by atoms with Crippen LogP contribution in [-0.2, 0) is 5.75 Å². The van der Waals surface area contributed by atoms with E-state index >= 15 is 0 Å². The molecule has 1 heterocycles. The smallest absolute Gasteiger partial charge is 0.311 e. The molecule has 0 aliphatic carbocycles. The molecule has 3 aromatic rings. The van der Waals surface area contributed by atoms with Crippen molar-refractivity contribution in [3.8, 4) is 5.75 Å². The SMILES string of the molecule is COc1ccc(C(=O)Nc2nnc(SCc3ccccc3)s2)cc1[N+](=O)[O-]. The number of nitrogens with one attached hydrogen (secondary N) is 1. The molecular formula is C17H14N4O4S2. The molecule has 0 spiro atoms. The molecule has 0 aliphatic rings. The number of aromatic nitrogens is 2. The molecule has 27 heavy (non-hydrogen) atoms. The van der Waals surface area contributed by atoms with E-state index < -0.39 is 10.8 Å². The molecule has 138 valence electrons. The molecule has 0 atom stereocenters. The molecule has 3 rings (SSSR count). The van der Waals surface area contributed by atoms with E-state index in [9.17, 15) is 14.9 Å². The van der Waals surface area contributed by atoms with E-state index in [0.29, 0.717) is 5.13 Å². The Hall–Kier alpha value is -2.98. The van der Waals surface area contributed by atoms with Gasteiger partial charge in [0.15, 0.2) is 10.1 Å². The largest absolute Gasteiger partial charge is 0.490 e. The molecule has 0 fully saturated rings. The number of rotatable bonds is 7. The molecule has 1 amide bonds. The Balaban J connectivity index is 1.65. The maximum absolute atomic E-state index is 12.3. The van der Waals surface area contributed by atoms with Gasteiger partial charge in [-0.3, -0.25) is 20.2 Å². The summed E-state index contributed by atoms with van der Waals surface area (Å²) in [6.07, 6.45) is 0. The van der Waals surface area contributed by atoms with E-state index in [1.807, 2.05) is 30.3 Å². The lowest BCUT2D eigenvalue weighted by Gasteiger charge is -2.04. The second kappa shape index (κ2) is 8.60. The third kappa shape index (κ3) is 4.80. The Bertz CT molecular complexity index is 963. The quantitative estimate of drug-likeness (QED) is 0.275. The van der Waals surface area contributed by atoms with E-state index in [0.717, 1.165) is 15.7 Å². The number of nitro groups is 1. The first-order chi connectivity index (χ1) is 13.1. The number of carbonyl (C=O) groups excluding carboxylic acids is 1. The van der Waals surface area contributed by atoms with Crippen LogP contribution in [-0.4, -0.2) is 28.1 Å². The summed E-state index contributed by atoms with van der Waals surface area (Å²) in [5.41, 5.74) is 1.02. The van der Waals surface area contributed by atoms with E-state index in [-0.39, 0.29) is 17.0 Å². The topological polar surface area (TPSA) is 107 Å². The van der Waals surface area contributed by atoms with Crippen molar-refractivity contribution >= 4 is 39.8 Å². The first kappa shape index (κ1) is 18.8. The Kier molecular flexibility index (Phi) is 5.99. The highest BCUT2D eigenvalue weighted by molar-refractivity contribution is 8.00. The van der Waals surface area contributed by atoms with Gasteiger partial charge in [-0.1, -0.05) is 53.4 Å². The zero-order valence-electron chi connectivity index (χ0n) is 14.1. The van der Waals surface area contributed by atoms with Gasteiger partial charge in [-0.15, -0.1) is 10.2 Å². The van der Waals surface area contributed by atoms with Gasteiger partial charge >= 0.3 is 5.69 Å². The van der Waals surface area contributed by atoms with Crippen LogP contribution in [0.3, 0.4) is 0 Å². The van der Waals surface area contributed by atoms with Crippen LogP contribution in [0.15, 0.2) is 52.9 Å². The fraction of sp³-hybridized carbons (Fsp3) is 0.118. The van der Waals surface area contributed by atoms with Gasteiger partial charge in [0.1, 0.15) is 0 Å². The van der Waals surface area contributed by atoms with Crippen LogP contribution in [0.2, 0.25) is 0 Å². The molecule has 1 N–H and O–H groups in total. The number of hydrogen-bond acceptors (Lipinski definition) is 8. The number of amides is 1. The lowest BCUT2D eigenvalue weighted by molar-refractivity contribution is -0.385. The second-order valence-corrected chi connectivity index (χ2v) is 7.45. The predicted octanol–water partition coefficient (Wildman–Crippen LogP) is 4.00. The molecule has 0 bridgehead atoms. The fourth-order valence-electron chi connectivity index (χ4n) is 2.18. The fourth-order valence-corrected chi connectivity index (χ4v) is 3.88. The summed E-state index contributed by atoms with van der Waals surface area (Å²) < 4.78 is 5.65. The van der Waals surface area contributed by atoms with Crippen molar-refractivity contribution in [2.75, 3.05) is 12.4 Å². The number of nitro benzene ring substituents is 1. The van der Waals surface area contributed by atoms with Gasteiger partial charge in [0.05, 0.1) is 12.0 Å². The Morgan fingerprint density at radius 2 is 2.04 bits per heavy atom. The highest BCUT2D eigenvalue weighted by Gasteiger charge is 2.19. The minimum absolute atomic E-state index is 0.0899. The Morgan fingerprint density at radius 1 is 1.26 bits per heavy atom. The van der Waals surface area contributed by atoms with Crippen LogP contribution in [0.5, 0.6) is 5.75 Å². The zero-order chi connectivity index (χ0) is 19.2. The number of anilines is 1. The van der Waals surface area contributed by atoms with Crippen molar-refractivity contribution in [3.63, 3.8) is 0 Å². The van der Waals surface area contributed by atoms with Crippen molar-refractivity contribution in [2.45, 2.75) is 10.1 Å². The van der Waals surface area contributed by atoms with E-state index in [1.165, 1.54) is 48.4 Å². The standard InChI is InChI=1S/C17H14N4O4S2/c1-25-14-8-7-12(9-13(14)21(23)24)15(22)18-16-19-20-17(27-16)26-10-11-5-3-2-4-6-11/h2-9H,10H2,1H3,(H,18,19,22). The maximum Gasteiger partial charge on any atom is 0.311 e. The number of nitrogens with zero attached hydrogens (tertiary/aromatic N) is 3. The molecule has 0 saturated carbocycles. The number of benzene rings is 2. The van der Waals surface area contributed by atoms with Crippen molar-refractivity contribution in [1.82, 2.24) is 10.2 Å². The first-order valence-corrected chi connectivity index (χ1v) is 9.51. The molecule has 0 saturated heterocycles. The summed E-state index contributed by atoms with van der Waals surface area (Å²) in [6.45, 7) is 0. The maximum atomic E-state index is 12.3. The minimum Gasteiger partial charge on any atom is -0.490 e. The average molecular weight is 402 g/mol. The summed E-state index contributed by atoms with van der Waals surface area (Å²) in [5.74, 6) is 0.331. The first-order valence-electron chi connectivity index (χ1n) is 7.71. The molecule has 0 unspecified atom stereocenters. The number of thioether (sulfide) groups is 1.